The molecule has 0 saturated heterocycles. The third-order valence-corrected chi connectivity index (χ3v) is 3.54. The van der Waals surface area contributed by atoms with Gasteiger partial charge in [0.25, 0.3) is 11.7 Å². The van der Waals surface area contributed by atoms with Gasteiger partial charge in [-0.3, -0.25) is 19.2 Å². The van der Waals surface area contributed by atoms with Crippen molar-refractivity contribution in [1.29, 1.82) is 0 Å². The topological polar surface area (TPSA) is 55.2 Å². The summed E-state index contributed by atoms with van der Waals surface area (Å²) in [4.78, 5) is 25.3. The van der Waals surface area contributed by atoms with Crippen LogP contribution in [0.1, 0.15) is 28.7 Å². The first kappa shape index (κ1) is 13.5. The zero-order valence-electron chi connectivity index (χ0n) is 11.8. The molecule has 2 heterocycles. The maximum absolute atomic E-state index is 13.4. The van der Waals surface area contributed by atoms with Crippen molar-refractivity contribution < 1.29 is 14.0 Å². The summed E-state index contributed by atoms with van der Waals surface area (Å²) in [7, 11) is 0. The Morgan fingerprint density at radius 3 is 2.71 bits per heavy atom. The number of nitrogens with zero attached hydrogens (tertiary/aromatic N) is 3. The lowest BCUT2D eigenvalue weighted by atomic mass is 10.1. The summed E-state index contributed by atoms with van der Waals surface area (Å²) in [5.41, 5.74) is 2.23. The van der Waals surface area contributed by atoms with E-state index in [-0.39, 0.29) is 12.1 Å². The highest BCUT2D eigenvalue weighted by atomic mass is 19.1. The molecule has 0 radical (unpaired) electrons. The second-order valence-electron chi connectivity index (χ2n) is 4.97. The number of benzene rings is 1. The van der Waals surface area contributed by atoms with Crippen molar-refractivity contribution in [3.8, 4) is 0 Å². The number of hydrogen-bond acceptors (Lipinski definition) is 3. The monoisotopic (exact) mass is 287 g/mol. The maximum atomic E-state index is 13.4. The predicted molar refractivity (Wildman–Crippen MR) is 74.6 cm³/mol. The molecule has 6 heteroatoms. The number of amides is 1. The molecule has 108 valence electrons. The van der Waals surface area contributed by atoms with Crippen LogP contribution in [0.25, 0.3) is 0 Å². The molecule has 1 amide bonds. The minimum Gasteiger partial charge on any atom is -0.299 e. The van der Waals surface area contributed by atoms with Gasteiger partial charge in [0.2, 0.25) is 0 Å². The standard InChI is InChI=1S/C15H14FN3O2/c1-3-19-11(6-9(2)17-19)8-18-13-7-10(16)4-5-12(13)14(20)15(18)21/h4-7H,3,8H2,1-2H3. The van der Waals surface area contributed by atoms with Crippen LogP contribution in [0.5, 0.6) is 0 Å². The van der Waals surface area contributed by atoms with E-state index in [2.05, 4.69) is 5.10 Å². The number of halogens is 1. The van der Waals surface area contributed by atoms with Crippen LogP contribution in [0.15, 0.2) is 24.3 Å². The summed E-state index contributed by atoms with van der Waals surface area (Å²) in [5, 5.41) is 4.31. The molecular formula is C15H14FN3O2. The molecule has 0 saturated carbocycles. The quantitative estimate of drug-likeness (QED) is 0.812. The molecule has 21 heavy (non-hydrogen) atoms. The highest BCUT2D eigenvalue weighted by Gasteiger charge is 2.36. The fourth-order valence-corrected chi connectivity index (χ4v) is 2.59. The first-order valence-electron chi connectivity index (χ1n) is 6.70. The van der Waals surface area contributed by atoms with Gasteiger partial charge in [0.1, 0.15) is 5.82 Å². The Labute approximate surface area is 121 Å². The van der Waals surface area contributed by atoms with Crippen LogP contribution in [0.4, 0.5) is 10.1 Å². The van der Waals surface area contributed by atoms with E-state index in [0.717, 1.165) is 11.4 Å². The molecule has 1 aromatic carbocycles. The van der Waals surface area contributed by atoms with Crippen LogP contribution in [-0.4, -0.2) is 21.5 Å². The lowest BCUT2D eigenvalue weighted by molar-refractivity contribution is -0.114. The van der Waals surface area contributed by atoms with E-state index in [9.17, 15) is 14.0 Å². The Morgan fingerprint density at radius 2 is 2.00 bits per heavy atom. The van der Waals surface area contributed by atoms with Gasteiger partial charge < -0.3 is 0 Å². The van der Waals surface area contributed by atoms with E-state index in [0.29, 0.717) is 12.2 Å². The number of fused-ring (bicyclic) bond motifs is 1. The van der Waals surface area contributed by atoms with Crippen molar-refractivity contribution >= 4 is 17.4 Å². The minimum absolute atomic E-state index is 0.204. The van der Waals surface area contributed by atoms with Crippen LogP contribution < -0.4 is 4.90 Å². The Bertz CT molecular complexity index is 751. The average molecular weight is 287 g/mol. The lowest BCUT2D eigenvalue weighted by Gasteiger charge is -2.17. The minimum atomic E-state index is -0.628. The molecule has 5 nitrogen and oxygen atoms in total. The van der Waals surface area contributed by atoms with Crippen molar-refractivity contribution in [2.45, 2.75) is 26.9 Å². The molecule has 0 N–H and O–H groups in total. The van der Waals surface area contributed by atoms with E-state index in [1.807, 2.05) is 19.9 Å². The average Bonchev–Trinajstić information content (AvgIpc) is 2.92. The third kappa shape index (κ3) is 2.12. The fraction of sp³-hybridized carbons (Fsp3) is 0.267. The van der Waals surface area contributed by atoms with Crippen molar-refractivity contribution in [3.63, 3.8) is 0 Å². The molecule has 0 unspecified atom stereocenters. The molecule has 3 rings (SSSR count). The fourth-order valence-electron chi connectivity index (χ4n) is 2.59. The van der Waals surface area contributed by atoms with Gasteiger partial charge in [-0.05, 0) is 38.1 Å². The van der Waals surface area contributed by atoms with E-state index in [1.54, 1.807) is 4.68 Å². The number of carbonyl (C=O) groups excluding carboxylic acids is 2. The lowest BCUT2D eigenvalue weighted by Crippen LogP contribution is -2.30. The number of rotatable bonds is 3. The van der Waals surface area contributed by atoms with Crippen molar-refractivity contribution in [3.05, 3.63) is 47.0 Å². The first-order chi connectivity index (χ1) is 10.0. The molecule has 0 bridgehead atoms. The Balaban J connectivity index is 2.01. The zero-order chi connectivity index (χ0) is 15.1. The molecule has 0 atom stereocenters. The second kappa shape index (κ2) is 4.80. The number of hydrogen-bond donors (Lipinski definition) is 0. The number of anilines is 1. The van der Waals surface area contributed by atoms with Gasteiger partial charge in [-0.25, -0.2) is 4.39 Å². The van der Waals surface area contributed by atoms with E-state index < -0.39 is 17.5 Å². The van der Waals surface area contributed by atoms with Crippen LogP contribution in [0.3, 0.4) is 0 Å². The van der Waals surface area contributed by atoms with Gasteiger partial charge in [-0.2, -0.15) is 5.10 Å². The van der Waals surface area contributed by atoms with Crippen molar-refractivity contribution in [2.75, 3.05) is 4.90 Å². The summed E-state index contributed by atoms with van der Waals surface area (Å²) < 4.78 is 15.2. The Kier molecular flexibility index (Phi) is 3.08. The molecule has 0 fully saturated rings. The number of aromatic nitrogens is 2. The first-order valence-corrected chi connectivity index (χ1v) is 6.70. The second-order valence-corrected chi connectivity index (χ2v) is 4.97. The number of aryl methyl sites for hydroxylation is 2. The van der Waals surface area contributed by atoms with Gasteiger partial charge >= 0.3 is 0 Å². The van der Waals surface area contributed by atoms with Gasteiger partial charge in [-0.1, -0.05) is 0 Å². The van der Waals surface area contributed by atoms with Gasteiger partial charge in [0.05, 0.1) is 29.2 Å². The molecular weight excluding hydrogens is 273 g/mol. The summed E-state index contributed by atoms with van der Waals surface area (Å²) in [5.74, 6) is -1.69. The molecule has 2 aromatic rings. The highest BCUT2D eigenvalue weighted by Crippen LogP contribution is 2.31. The highest BCUT2D eigenvalue weighted by molar-refractivity contribution is 6.52. The van der Waals surface area contributed by atoms with Crippen molar-refractivity contribution in [2.24, 2.45) is 0 Å². The largest absolute Gasteiger partial charge is 0.299 e. The smallest absolute Gasteiger partial charge is 0.299 e. The van der Waals surface area contributed by atoms with Crippen LogP contribution >= 0.6 is 0 Å². The summed E-state index contributed by atoms with van der Waals surface area (Å²) in [6, 6.07) is 5.62. The van der Waals surface area contributed by atoms with Gasteiger partial charge in [-0.15, -0.1) is 0 Å². The Hall–Kier alpha value is -2.50. The van der Waals surface area contributed by atoms with E-state index >= 15 is 0 Å². The van der Waals surface area contributed by atoms with E-state index in [1.165, 1.54) is 23.1 Å². The normalized spacial score (nSPS) is 14.0. The predicted octanol–water partition coefficient (Wildman–Crippen LogP) is 2.08. The van der Waals surface area contributed by atoms with Crippen LogP contribution in [0.2, 0.25) is 0 Å². The number of carbonyl (C=O) groups is 2. The van der Waals surface area contributed by atoms with Gasteiger partial charge in [0, 0.05) is 6.54 Å². The van der Waals surface area contributed by atoms with Crippen LogP contribution in [-0.2, 0) is 17.9 Å². The summed E-state index contributed by atoms with van der Waals surface area (Å²) in [6.07, 6.45) is 0. The number of ketones is 1. The Morgan fingerprint density at radius 1 is 1.24 bits per heavy atom. The van der Waals surface area contributed by atoms with Crippen molar-refractivity contribution in [1.82, 2.24) is 9.78 Å². The third-order valence-electron chi connectivity index (χ3n) is 3.54. The van der Waals surface area contributed by atoms with Crippen LogP contribution in [0, 0.1) is 12.7 Å². The summed E-state index contributed by atoms with van der Waals surface area (Å²) in [6.45, 7) is 4.67. The molecule has 1 aromatic heterocycles. The molecule has 1 aliphatic rings. The molecule has 0 aliphatic carbocycles. The van der Waals surface area contributed by atoms with E-state index in [4.69, 9.17) is 0 Å². The van der Waals surface area contributed by atoms with Gasteiger partial charge in [0.15, 0.2) is 0 Å². The zero-order valence-corrected chi connectivity index (χ0v) is 11.8. The SMILES string of the molecule is CCn1nc(C)cc1CN1C(=O)C(=O)c2ccc(F)cc21. The summed E-state index contributed by atoms with van der Waals surface area (Å²) >= 11 is 0. The molecule has 0 spiro atoms. The molecule has 1 aliphatic heterocycles. The maximum Gasteiger partial charge on any atom is 0.299 e. The number of Topliss-reactive ketones (excluding diaryl/α,β-unsaturated/α-hetero) is 1.